The van der Waals surface area contributed by atoms with Gasteiger partial charge in [0.15, 0.2) is 0 Å². The topological polar surface area (TPSA) is 79.3 Å². The molecule has 0 aromatic carbocycles. The number of amides is 1. The number of carboxylic acids is 1. The largest absolute Gasteiger partial charge is 0.481 e. The van der Waals surface area contributed by atoms with Crippen LogP contribution in [0.3, 0.4) is 0 Å². The van der Waals surface area contributed by atoms with Gasteiger partial charge in [-0.1, -0.05) is 6.07 Å². The van der Waals surface area contributed by atoms with Crippen molar-refractivity contribution in [2.75, 3.05) is 0 Å². The van der Waals surface area contributed by atoms with Crippen LogP contribution < -0.4 is 5.32 Å². The molecule has 0 aliphatic rings. The molecule has 0 aliphatic heterocycles. The molecule has 2 N–H and O–H groups in total. The smallest absolute Gasteiger partial charge is 0.305 e. The molecule has 0 spiro atoms. The number of hydrogen-bond donors (Lipinski definition) is 2. The summed E-state index contributed by atoms with van der Waals surface area (Å²) in [6.07, 6.45) is -0.193. The minimum absolute atomic E-state index is 0.0720. The first kappa shape index (κ1) is 12.1. The van der Waals surface area contributed by atoms with Crippen LogP contribution in [0.5, 0.6) is 0 Å². The van der Waals surface area contributed by atoms with Gasteiger partial charge >= 0.3 is 5.97 Å². The number of nitrogens with one attached hydrogen (secondary N) is 1. The number of nitrogens with zero attached hydrogens (tertiary/aromatic N) is 1. The summed E-state index contributed by atoms with van der Waals surface area (Å²) in [5.41, 5.74) is -0.0720. The lowest BCUT2D eigenvalue weighted by Crippen LogP contribution is -2.34. The standard InChI is InChI=1S/C10H11FN2O3/c1-6(5-9(14)15)12-10(16)7-3-2-4-8(11)13-7/h2-4,6H,5H2,1H3,(H,12,16)(H,14,15)/t6-/m1/s1. The van der Waals surface area contributed by atoms with Crippen LogP contribution in [-0.4, -0.2) is 28.0 Å². The van der Waals surface area contributed by atoms with E-state index in [-0.39, 0.29) is 12.1 Å². The van der Waals surface area contributed by atoms with Crippen molar-refractivity contribution in [3.05, 3.63) is 29.8 Å². The van der Waals surface area contributed by atoms with Gasteiger partial charge in [-0.15, -0.1) is 0 Å². The lowest BCUT2D eigenvalue weighted by molar-refractivity contribution is -0.137. The quantitative estimate of drug-likeness (QED) is 0.745. The maximum absolute atomic E-state index is 12.7. The monoisotopic (exact) mass is 226 g/mol. The molecule has 1 atom stereocenters. The van der Waals surface area contributed by atoms with Crippen LogP contribution in [0.25, 0.3) is 0 Å². The van der Waals surface area contributed by atoms with Gasteiger partial charge in [0.1, 0.15) is 5.69 Å². The predicted octanol–water partition coefficient (Wildman–Crippen LogP) is 0.814. The highest BCUT2D eigenvalue weighted by Gasteiger charge is 2.13. The van der Waals surface area contributed by atoms with E-state index in [9.17, 15) is 14.0 Å². The van der Waals surface area contributed by atoms with Gasteiger partial charge in [-0.3, -0.25) is 9.59 Å². The highest BCUT2D eigenvalue weighted by Crippen LogP contribution is 1.99. The van der Waals surface area contributed by atoms with Crippen LogP contribution in [0, 0.1) is 5.95 Å². The summed E-state index contributed by atoms with van der Waals surface area (Å²) in [4.78, 5) is 25.2. The molecule has 0 saturated heterocycles. The van der Waals surface area contributed by atoms with Crippen molar-refractivity contribution in [2.45, 2.75) is 19.4 Å². The molecule has 1 aromatic rings. The summed E-state index contributed by atoms with van der Waals surface area (Å²) in [5, 5.41) is 10.9. The van der Waals surface area contributed by atoms with Crippen LogP contribution in [0.4, 0.5) is 4.39 Å². The lowest BCUT2D eigenvalue weighted by atomic mass is 10.2. The summed E-state index contributed by atoms with van der Waals surface area (Å²) >= 11 is 0. The first-order valence-electron chi connectivity index (χ1n) is 4.64. The van der Waals surface area contributed by atoms with E-state index >= 15 is 0 Å². The number of carboxylic acid groups (broad SMARTS) is 1. The number of carbonyl (C=O) groups is 2. The number of pyridine rings is 1. The molecule has 0 aliphatic carbocycles. The predicted molar refractivity (Wildman–Crippen MR) is 53.4 cm³/mol. The van der Waals surface area contributed by atoms with Crippen LogP contribution >= 0.6 is 0 Å². The highest BCUT2D eigenvalue weighted by atomic mass is 19.1. The summed E-state index contributed by atoms with van der Waals surface area (Å²) < 4.78 is 12.7. The van der Waals surface area contributed by atoms with E-state index < -0.39 is 23.9 Å². The summed E-state index contributed by atoms with van der Waals surface area (Å²) in [7, 11) is 0. The van der Waals surface area contributed by atoms with Gasteiger partial charge in [-0.25, -0.2) is 4.98 Å². The highest BCUT2D eigenvalue weighted by molar-refractivity contribution is 5.92. The fraction of sp³-hybridized carbons (Fsp3) is 0.300. The second-order valence-corrected chi connectivity index (χ2v) is 3.32. The molecule has 1 aromatic heterocycles. The van der Waals surface area contributed by atoms with Crippen molar-refractivity contribution in [3.63, 3.8) is 0 Å². The maximum atomic E-state index is 12.7. The number of carbonyl (C=O) groups excluding carboxylic acids is 1. The first-order valence-corrected chi connectivity index (χ1v) is 4.64. The van der Waals surface area contributed by atoms with E-state index in [2.05, 4.69) is 10.3 Å². The molecule has 86 valence electrons. The van der Waals surface area contributed by atoms with Crippen molar-refractivity contribution in [2.24, 2.45) is 0 Å². The van der Waals surface area contributed by atoms with Crippen LogP contribution in [-0.2, 0) is 4.79 Å². The Morgan fingerprint density at radius 2 is 2.25 bits per heavy atom. The minimum Gasteiger partial charge on any atom is -0.481 e. The Balaban J connectivity index is 2.62. The molecular weight excluding hydrogens is 215 g/mol. The average Bonchev–Trinajstić information content (AvgIpc) is 2.16. The molecule has 1 heterocycles. The van der Waals surface area contributed by atoms with Crippen molar-refractivity contribution in [1.82, 2.24) is 10.3 Å². The van der Waals surface area contributed by atoms with E-state index in [1.807, 2.05) is 0 Å². The summed E-state index contributed by atoms with van der Waals surface area (Å²) in [6, 6.07) is 3.30. The first-order chi connectivity index (χ1) is 7.49. The number of aromatic nitrogens is 1. The van der Waals surface area contributed by atoms with Crippen LogP contribution in [0.1, 0.15) is 23.8 Å². The van der Waals surface area contributed by atoms with Gasteiger partial charge in [-0.2, -0.15) is 4.39 Å². The van der Waals surface area contributed by atoms with E-state index in [0.717, 1.165) is 6.07 Å². The third-order valence-electron chi connectivity index (χ3n) is 1.81. The van der Waals surface area contributed by atoms with E-state index in [0.29, 0.717) is 0 Å². The third-order valence-corrected chi connectivity index (χ3v) is 1.81. The Labute approximate surface area is 91.3 Å². The van der Waals surface area contributed by atoms with Crippen LogP contribution in [0.15, 0.2) is 18.2 Å². The molecule has 1 amide bonds. The second-order valence-electron chi connectivity index (χ2n) is 3.32. The molecule has 6 heteroatoms. The van der Waals surface area contributed by atoms with Crippen molar-refractivity contribution >= 4 is 11.9 Å². The lowest BCUT2D eigenvalue weighted by Gasteiger charge is -2.10. The number of hydrogen-bond acceptors (Lipinski definition) is 3. The summed E-state index contributed by atoms with van der Waals surface area (Å²) in [5.74, 6) is -2.35. The third kappa shape index (κ3) is 3.64. The molecule has 0 bridgehead atoms. The molecule has 0 saturated carbocycles. The SMILES string of the molecule is C[C@H](CC(=O)O)NC(=O)c1cccc(F)n1. The van der Waals surface area contributed by atoms with E-state index in [1.54, 1.807) is 6.92 Å². The average molecular weight is 226 g/mol. The van der Waals surface area contributed by atoms with E-state index in [1.165, 1.54) is 12.1 Å². The van der Waals surface area contributed by atoms with Gasteiger partial charge in [0.2, 0.25) is 5.95 Å². The molecule has 5 nitrogen and oxygen atoms in total. The zero-order chi connectivity index (χ0) is 12.1. The Morgan fingerprint density at radius 1 is 1.56 bits per heavy atom. The minimum atomic E-state index is -1.01. The number of rotatable bonds is 4. The molecular formula is C10H11FN2O3. The zero-order valence-electron chi connectivity index (χ0n) is 8.61. The van der Waals surface area contributed by atoms with Gasteiger partial charge < -0.3 is 10.4 Å². The van der Waals surface area contributed by atoms with Crippen molar-refractivity contribution < 1.29 is 19.1 Å². The second kappa shape index (κ2) is 5.20. The Morgan fingerprint density at radius 3 is 2.81 bits per heavy atom. The Kier molecular flexibility index (Phi) is 3.93. The van der Waals surface area contributed by atoms with Crippen LogP contribution in [0.2, 0.25) is 0 Å². The van der Waals surface area contributed by atoms with Gasteiger partial charge in [0.25, 0.3) is 5.91 Å². The Bertz CT molecular complexity index is 409. The number of aliphatic carboxylic acids is 1. The molecule has 0 fully saturated rings. The Hall–Kier alpha value is -1.98. The molecule has 0 radical (unpaired) electrons. The molecule has 16 heavy (non-hydrogen) atoms. The van der Waals surface area contributed by atoms with Crippen molar-refractivity contribution in [1.29, 1.82) is 0 Å². The fourth-order valence-corrected chi connectivity index (χ4v) is 1.15. The van der Waals surface area contributed by atoms with Gasteiger partial charge in [0, 0.05) is 6.04 Å². The fourth-order valence-electron chi connectivity index (χ4n) is 1.15. The molecule has 0 unspecified atom stereocenters. The van der Waals surface area contributed by atoms with Crippen molar-refractivity contribution in [3.8, 4) is 0 Å². The van der Waals surface area contributed by atoms with Gasteiger partial charge in [-0.05, 0) is 19.1 Å². The molecule has 1 rings (SSSR count). The normalized spacial score (nSPS) is 11.9. The number of halogens is 1. The zero-order valence-corrected chi connectivity index (χ0v) is 8.61. The van der Waals surface area contributed by atoms with Gasteiger partial charge in [0.05, 0.1) is 6.42 Å². The summed E-state index contributed by atoms with van der Waals surface area (Å²) in [6.45, 7) is 1.55. The maximum Gasteiger partial charge on any atom is 0.305 e. The van der Waals surface area contributed by atoms with E-state index in [4.69, 9.17) is 5.11 Å².